The molecular formula is C5H5KN2O3S. The number of hydrogen-bond donors (Lipinski definition) is 0. The minimum Gasteiger partial charge on any atom is -0.541 e. The zero-order chi connectivity index (χ0) is 8.27. The number of carbonyl (C=O) groups is 1. The van der Waals surface area contributed by atoms with Crippen LogP contribution in [0.15, 0.2) is 4.52 Å². The van der Waals surface area contributed by atoms with Crippen LogP contribution in [-0.2, 0) is 5.75 Å². The van der Waals surface area contributed by atoms with Crippen LogP contribution in [0.2, 0.25) is 0 Å². The Kier molecular flexibility index (Phi) is 6.42. The molecule has 1 aromatic heterocycles. The molecule has 1 rings (SSSR count). The first kappa shape index (κ1) is 12.6. The van der Waals surface area contributed by atoms with Crippen molar-refractivity contribution in [1.29, 1.82) is 0 Å². The Labute approximate surface area is 116 Å². The Morgan fingerprint density at radius 2 is 2.42 bits per heavy atom. The molecule has 7 heteroatoms. The summed E-state index contributed by atoms with van der Waals surface area (Å²) >= 11 is 1.47. The Balaban J connectivity index is 0.00000121. The number of rotatable bonds is 3. The molecule has 0 amide bonds. The molecule has 0 unspecified atom stereocenters. The SMILES string of the molecule is CSCc1nc(C(=O)[O-])no1.[K+]. The first-order valence-electron chi connectivity index (χ1n) is 2.77. The molecule has 0 aliphatic carbocycles. The van der Waals surface area contributed by atoms with Crippen molar-refractivity contribution in [3.8, 4) is 0 Å². The number of nitrogens with zero attached hydrogens (tertiary/aromatic N) is 2. The predicted octanol–water partition coefficient (Wildman–Crippen LogP) is -3.70. The summed E-state index contributed by atoms with van der Waals surface area (Å²) in [6.45, 7) is 0. The van der Waals surface area contributed by atoms with Crippen LogP contribution in [-0.4, -0.2) is 22.4 Å². The fraction of sp³-hybridized carbons (Fsp3) is 0.400. The number of thioether (sulfide) groups is 1. The largest absolute Gasteiger partial charge is 1.00 e. The second-order valence-corrected chi connectivity index (χ2v) is 2.60. The second-order valence-electron chi connectivity index (χ2n) is 1.73. The maximum Gasteiger partial charge on any atom is 1.00 e. The van der Waals surface area contributed by atoms with E-state index >= 15 is 0 Å². The minimum absolute atomic E-state index is 0. The minimum atomic E-state index is -1.42. The van der Waals surface area contributed by atoms with E-state index in [0.717, 1.165) is 0 Å². The van der Waals surface area contributed by atoms with Crippen molar-refractivity contribution in [2.75, 3.05) is 6.26 Å². The molecule has 1 aromatic rings. The summed E-state index contributed by atoms with van der Waals surface area (Å²) in [5.74, 6) is -0.993. The molecule has 1 heterocycles. The van der Waals surface area contributed by atoms with Gasteiger partial charge in [0.2, 0.25) is 11.7 Å². The summed E-state index contributed by atoms with van der Waals surface area (Å²) in [7, 11) is 0. The van der Waals surface area contributed by atoms with Crippen LogP contribution in [0.4, 0.5) is 0 Å². The van der Waals surface area contributed by atoms with Crippen LogP contribution >= 0.6 is 11.8 Å². The smallest absolute Gasteiger partial charge is 0.541 e. The Hall–Kier alpha value is 0.596. The van der Waals surface area contributed by atoms with Crippen LogP contribution in [0.5, 0.6) is 0 Å². The second kappa shape index (κ2) is 6.11. The standard InChI is InChI=1S/C5H6N2O3S.K/c1-11-2-3-6-4(5(8)9)7-10-3;/h2H2,1H3,(H,8,9);/q;+1/p-1. The van der Waals surface area contributed by atoms with Crippen LogP contribution < -0.4 is 56.5 Å². The van der Waals surface area contributed by atoms with Crippen molar-refractivity contribution >= 4 is 17.7 Å². The van der Waals surface area contributed by atoms with E-state index in [1.807, 2.05) is 6.26 Å². The molecule has 12 heavy (non-hydrogen) atoms. The zero-order valence-electron chi connectivity index (χ0n) is 6.73. The summed E-state index contributed by atoms with van der Waals surface area (Å²) < 4.78 is 4.56. The normalized spacial score (nSPS) is 9.08. The summed E-state index contributed by atoms with van der Waals surface area (Å²) in [6, 6.07) is 0. The fourth-order valence-electron chi connectivity index (χ4n) is 0.520. The van der Waals surface area contributed by atoms with Gasteiger partial charge in [0.05, 0.1) is 5.75 Å². The number of aromatic nitrogens is 2. The van der Waals surface area contributed by atoms with Crippen LogP contribution in [0.1, 0.15) is 16.5 Å². The van der Waals surface area contributed by atoms with Gasteiger partial charge in [-0.15, -0.1) is 0 Å². The van der Waals surface area contributed by atoms with Crippen LogP contribution in [0.25, 0.3) is 0 Å². The molecule has 0 radical (unpaired) electrons. The van der Waals surface area contributed by atoms with E-state index in [2.05, 4.69) is 14.7 Å². The van der Waals surface area contributed by atoms with Gasteiger partial charge in [0.25, 0.3) is 0 Å². The predicted molar refractivity (Wildman–Crippen MR) is 35.8 cm³/mol. The molecule has 0 aliphatic rings. The summed E-state index contributed by atoms with van der Waals surface area (Å²) in [5, 5.41) is 13.3. The maximum absolute atomic E-state index is 10.1. The molecule has 60 valence electrons. The molecule has 0 aliphatic heterocycles. The van der Waals surface area contributed by atoms with Crippen LogP contribution in [0.3, 0.4) is 0 Å². The fourth-order valence-corrected chi connectivity index (χ4v) is 0.884. The molecule has 0 N–H and O–H groups in total. The maximum atomic E-state index is 10.1. The molecule has 0 saturated carbocycles. The zero-order valence-corrected chi connectivity index (χ0v) is 10.7. The molecule has 0 spiro atoms. The first-order valence-corrected chi connectivity index (χ1v) is 4.16. The van der Waals surface area contributed by atoms with Gasteiger partial charge in [0.1, 0.15) is 5.97 Å². The Morgan fingerprint density at radius 3 is 2.83 bits per heavy atom. The van der Waals surface area contributed by atoms with Gasteiger partial charge in [-0.2, -0.15) is 16.7 Å². The van der Waals surface area contributed by atoms with Gasteiger partial charge >= 0.3 is 51.4 Å². The number of hydrogen-bond acceptors (Lipinski definition) is 6. The molecule has 0 fully saturated rings. The van der Waals surface area contributed by atoms with E-state index in [9.17, 15) is 9.90 Å². The van der Waals surface area contributed by atoms with E-state index in [-0.39, 0.29) is 51.4 Å². The summed E-state index contributed by atoms with van der Waals surface area (Å²) in [5.41, 5.74) is 0. The summed E-state index contributed by atoms with van der Waals surface area (Å²) in [4.78, 5) is 13.7. The van der Waals surface area contributed by atoms with Gasteiger partial charge in [-0.05, 0) is 6.26 Å². The van der Waals surface area contributed by atoms with Crippen molar-refractivity contribution in [2.24, 2.45) is 0 Å². The molecule has 0 aromatic carbocycles. The van der Waals surface area contributed by atoms with E-state index in [1.165, 1.54) is 11.8 Å². The van der Waals surface area contributed by atoms with Crippen molar-refractivity contribution in [2.45, 2.75) is 5.75 Å². The topological polar surface area (TPSA) is 79.0 Å². The third kappa shape index (κ3) is 3.54. The van der Waals surface area contributed by atoms with Gasteiger partial charge in [0.15, 0.2) is 0 Å². The number of aromatic carboxylic acids is 1. The van der Waals surface area contributed by atoms with Crippen LogP contribution in [0, 0.1) is 0 Å². The average molecular weight is 212 g/mol. The van der Waals surface area contributed by atoms with Gasteiger partial charge in [-0.25, -0.2) is 0 Å². The van der Waals surface area contributed by atoms with Crippen molar-refractivity contribution < 1.29 is 65.8 Å². The Morgan fingerprint density at radius 1 is 1.75 bits per heavy atom. The quantitative estimate of drug-likeness (QED) is 0.480. The Bertz CT molecular complexity index is 265. The number of carboxylic acids is 1. The molecular weight excluding hydrogens is 207 g/mol. The van der Waals surface area contributed by atoms with Gasteiger partial charge in [0, 0.05) is 0 Å². The molecule has 0 atom stereocenters. The van der Waals surface area contributed by atoms with E-state index in [0.29, 0.717) is 11.6 Å². The number of carbonyl (C=O) groups excluding carboxylic acids is 1. The molecule has 0 saturated heterocycles. The summed E-state index contributed by atoms with van der Waals surface area (Å²) in [6.07, 6.45) is 1.85. The molecule has 5 nitrogen and oxygen atoms in total. The van der Waals surface area contributed by atoms with Gasteiger partial charge in [-0.3, -0.25) is 0 Å². The van der Waals surface area contributed by atoms with Crippen molar-refractivity contribution in [3.05, 3.63) is 11.7 Å². The average Bonchev–Trinajstić information content (AvgIpc) is 2.37. The van der Waals surface area contributed by atoms with E-state index < -0.39 is 11.8 Å². The van der Waals surface area contributed by atoms with Crippen molar-refractivity contribution in [1.82, 2.24) is 10.1 Å². The van der Waals surface area contributed by atoms with Crippen molar-refractivity contribution in [3.63, 3.8) is 0 Å². The van der Waals surface area contributed by atoms with Gasteiger partial charge < -0.3 is 14.4 Å². The monoisotopic (exact) mass is 212 g/mol. The third-order valence-electron chi connectivity index (χ3n) is 0.918. The van der Waals surface area contributed by atoms with E-state index in [1.54, 1.807) is 0 Å². The van der Waals surface area contributed by atoms with E-state index in [4.69, 9.17) is 0 Å². The molecule has 0 bridgehead atoms. The number of carboxylic acid groups (broad SMARTS) is 1. The third-order valence-corrected chi connectivity index (χ3v) is 1.45. The first-order chi connectivity index (χ1) is 5.24. The van der Waals surface area contributed by atoms with Gasteiger partial charge in [-0.1, -0.05) is 5.16 Å².